The van der Waals surface area contributed by atoms with Gasteiger partial charge in [0.25, 0.3) is 0 Å². The molecule has 4 amide bonds. The van der Waals surface area contributed by atoms with E-state index in [0.29, 0.717) is 43.8 Å². The van der Waals surface area contributed by atoms with E-state index in [1.165, 1.54) is 14.2 Å². The van der Waals surface area contributed by atoms with Crippen LogP contribution in [0.15, 0.2) is 60.8 Å². The zero-order chi connectivity index (χ0) is 43.7. The van der Waals surface area contributed by atoms with E-state index in [0.717, 1.165) is 81.5 Å². The molecule has 3 aromatic carbocycles. The molecule has 15 heteroatoms. The Kier molecular flexibility index (Phi) is 10.6. The number of nitrogens with zero attached hydrogens (tertiary/aromatic N) is 4. The summed E-state index contributed by atoms with van der Waals surface area (Å²) in [6.07, 6.45) is 5.76. The third-order valence-corrected chi connectivity index (χ3v) is 14.8. The Labute approximate surface area is 366 Å². The standard InChI is InChI=1S/C48H56N8O7/c1-24(2)38(53-47(59)61-4)45(57)55-32-13-10-31(21-32)42(55)44-50-35-15-12-30-20-29(11-14-33(30)40(35)52-44)26-6-8-27(9-7-26)36-23-49-43(51-36)37-22-34-25(3)41(34)56(37)46(58)39(54-48(60)62-5)28-16-18-63-19-17-28/h6-9,11-12,14-15,20,23-25,28,31-32,34,37-39,41-42H,10,13,16-19,21-22H2,1-5H3,(H,49,51)(H,50,52)(H,53,59)(H,54,60). The maximum absolute atomic E-state index is 14.4. The van der Waals surface area contributed by atoms with E-state index in [4.69, 9.17) is 24.2 Å². The minimum absolute atomic E-state index is 0.0314. The molecule has 4 N–H and O–H groups in total. The number of hydrogen-bond acceptors (Lipinski definition) is 9. The third kappa shape index (κ3) is 7.27. The first-order valence-electron chi connectivity index (χ1n) is 22.5. The van der Waals surface area contributed by atoms with Gasteiger partial charge in [-0.3, -0.25) is 9.59 Å². The summed E-state index contributed by atoms with van der Waals surface area (Å²) in [4.78, 5) is 74.2. The number of H-pyrrole nitrogens is 2. The van der Waals surface area contributed by atoms with Crippen molar-refractivity contribution >= 4 is 45.8 Å². The molecule has 0 spiro atoms. The van der Waals surface area contributed by atoms with Crippen LogP contribution < -0.4 is 10.6 Å². The van der Waals surface area contributed by atoms with Crippen molar-refractivity contribution in [2.24, 2.45) is 29.6 Å². The average Bonchev–Trinajstić information content (AvgIpc) is 4.04. The van der Waals surface area contributed by atoms with E-state index in [-0.39, 0.29) is 47.8 Å². The van der Waals surface area contributed by atoms with Gasteiger partial charge < -0.3 is 44.6 Å². The van der Waals surface area contributed by atoms with E-state index in [2.05, 4.69) is 82.1 Å². The first kappa shape index (κ1) is 41.1. The molecular formula is C48H56N8O7. The van der Waals surface area contributed by atoms with Gasteiger partial charge in [-0.15, -0.1) is 0 Å². The minimum atomic E-state index is -0.691. The van der Waals surface area contributed by atoms with E-state index in [1.807, 2.05) is 29.8 Å². The van der Waals surface area contributed by atoms with Crippen LogP contribution in [0.5, 0.6) is 0 Å². The highest BCUT2D eigenvalue weighted by Gasteiger charge is 2.62. The third-order valence-electron chi connectivity index (χ3n) is 14.8. The Hall–Kier alpha value is -5.96. The Morgan fingerprint density at radius 3 is 2.29 bits per heavy atom. The topological polar surface area (TPSA) is 184 Å². The molecular weight excluding hydrogens is 801 g/mol. The van der Waals surface area contributed by atoms with E-state index < -0.39 is 24.3 Å². The molecule has 5 aromatic rings. The number of hydrogen-bond donors (Lipinski definition) is 4. The van der Waals surface area contributed by atoms with Crippen LogP contribution in [0.1, 0.15) is 83.0 Å². The lowest BCUT2D eigenvalue weighted by Crippen LogP contribution is -2.54. The van der Waals surface area contributed by atoms with Crippen LogP contribution in [0, 0.1) is 29.6 Å². The Morgan fingerprint density at radius 2 is 1.54 bits per heavy atom. The van der Waals surface area contributed by atoms with Crippen molar-refractivity contribution in [1.29, 1.82) is 0 Å². The number of rotatable bonds is 10. The van der Waals surface area contributed by atoms with Gasteiger partial charge in [-0.05, 0) is 102 Å². The number of alkyl carbamates (subject to hydrolysis) is 2. The normalized spacial score (nSPS) is 26.2. The summed E-state index contributed by atoms with van der Waals surface area (Å²) < 4.78 is 15.4. The quantitative estimate of drug-likeness (QED) is 0.112. The highest BCUT2D eigenvalue weighted by molar-refractivity contribution is 6.05. The lowest BCUT2D eigenvalue weighted by molar-refractivity contribution is -0.139. The Morgan fingerprint density at radius 1 is 0.810 bits per heavy atom. The highest BCUT2D eigenvalue weighted by atomic mass is 16.5. The number of fused-ring (bicyclic) bond motifs is 6. The van der Waals surface area contributed by atoms with Crippen LogP contribution in [0.2, 0.25) is 0 Å². The van der Waals surface area contributed by atoms with Gasteiger partial charge in [0.1, 0.15) is 23.7 Å². The second-order valence-electron chi connectivity index (χ2n) is 18.6. The molecule has 3 saturated heterocycles. The van der Waals surface area contributed by atoms with E-state index >= 15 is 0 Å². The molecule has 5 aliphatic rings. The molecule has 330 valence electrons. The lowest BCUT2D eigenvalue weighted by Gasteiger charge is -2.37. The largest absolute Gasteiger partial charge is 0.453 e. The van der Waals surface area contributed by atoms with Gasteiger partial charge in [-0.25, -0.2) is 19.6 Å². The number of aromatic amines is 2. The van der Waals surface area contributed by atoms with Crippen LogP contribution in [0.4, 0.5) is 9.59 Å². The van der Waals surface area contributed by atoms with Gasteiger partial charge in [0.05, 0.1) is 49.2 Å². The van der Waals surface area contributed by atoms with Crippen molar-refractivity contribution in [3.8, 4) is 22.4 Å². The first-order chi connectivity index (χ1) is 30.5. The van der Waals surface area contributed by atoms with Crippen molar-refractivity contribution in [2.45, 2.75) is 95.5 Å². The average molecular weight is 857 g/mol. The molecule has 2 bridgehead atoms. The number of amides is 4. The molecule has 5 heterocycles. The summed E-state index contributed by atoms with van der Waals surface area (Å²) in [5.41, 5.74) is 5.79. The summed E-state index contributed by atoms with van der Waals surface area (Å²) in [7, 11) is 2.63. The van der Waals surface area contributed by atoms with Crippen molar-refractivity contribution in [3.63, 3.8) is 0 Å². The maximum Gasteiger partial charge on any atom is 0.407 e. The van der Waals surface area contributed by atoms with Gasteiger partial charge >= 0.3 is 12.2 Å². The van der Waals surface area contributed by atoms with Crippen LogP contribution in [-0.4, -0.2) is 105 Å². The molecule has 2 saturated carbocycles. The van der Waals surface area contributed by atoms with Crippen molar-refractivity contribution in [2.75, 3.05) is 27.4 Å². The summed E-state index contributed by atoms with van der Waals surface area (Å²) >= 11 is 0. The maximum atomic E-state index is 14.4. The fourth-order valence-electron chi connectivity index (χ4n) is 11.4. The number of aromatic nitrogens is 4. The molecule has 10 rings (SSSR count). The van der Waals surface area contributed by atoms with Crippen molar-refractivity contribution in [1.82, 2.24) is 40.4 Å². The second kappa shape index (κ2) is 16.3. The zero-order valence-corrected chi connectivity index (χ0v) is 36.4. The number of ether oxygens (including phenoxy) is 3. The molecule has 2 aromatic heterocycles. The summed E-state index contributed by atoms with van der Waals surface area (Å²) in [5, 5.41) is 7.74. The van der Waals surface area contributed by atoms with Gasteiger partial charge in [0, 0.05) is 30.7 Å². The Bertz CT molecular complexity index is 2560. The molecule has 63 heavy (non-hydrogen) atoms. The van der Waals surface area contributed by atoms with Crippen molar-refractivity contribution in [3.05, 3.63) is 72.4 Å². The fourth-order valence-corrected chi connectivity index (χ4v) is 11.4. The van der Waals surface area contributed by atoms with E-state index in [9.17, 15) is 19.2 Å². The predicted octanol–water partition coefficient (Wildman–Crippen LogP) is 7.26. The van der Waals surface area contributed by atoms with Gasteiger partial charge in [-0.1, -0.05) is 63.2 Å². The first-order valence-corrected chi connectivity index (χ1v) is 22.5. The number of carbonyl (C=O) groups is 4. The smallest absolute Gasteiger partial charge is 0.407 e. The lowest BCUT2D eigenvalue weighted by atomic mass is 9.90. The fraction of sp³-hybridized carbons (Fsp3) is 0.500. The second-order valence-corrected chi connectivity index (χ2v) is 18.6. The van der Waals surface area contributed by atoms with Crippen LogP contribution >= 0.6 is 0 Å². The molecule has 9 atom stereocenters. The number of carbonyl (C=O) groups excluding carboxylic acids is 4. The number of nitrogens with one attached hydrogen (secondary N) is 4. The number of imidazole rings is 2. The molecule has 0 radical (unpaired) electrons. The van der Waals surface area contributed by atoms with Crippen LogP contribution in [0.3, 0.4) is 0 Å². The molecule has 15 nitrogen and oxygen atoms in total. The molecule has 2 aliphatic carbocycles. The number of piperidine rings is 2. The highest BCUT2D eigenvalue weighted by Crippen LogP contribution is 2.58. The molecule has 9 unspecified atom stereocenters. The summed E-state index contributed by atoms with van der Waals surface area (Å²) in [5.74, 6) is 2.33. The molecule has 3 aliphatic heterocycles. The SMILES string of the molecule is COC(=O)NC(C(=O)N1C2CCC(C2)C1c1nc2c(ccc3cc(-c4ccc(-c5cnc(C6CC7C(C)C7N6C(=O)C(NC(=O)OC)C6CCOCC6)[nH]5)cc4)ccc32)[nH]1)C(C)C. The number of methoxy groups -OCH3 is 2. The predicted molar refractivity (Wildman–Crippen MR) is 235 cm³/mol. The van der Waals surface area contributed by atoms with Gasteiger partial charge in [0.15, 0.2) is 0 Å². The van der Waals surface area contributed by atoms with Gasteiger partial charge in [-0.2, -0.15) is 0 Å². The summed E-state index contributed by atoms with van der Waals surface area (Å²) in [6, 6.07) is 17.5. The van der Waals surface area contributed by atoms with E-state index in [1.54, 1.807) is 0 Å². The zero-order valence-electron chi connectivity index (χ0n) is 36.4. The number of likely N-dealkylation sites (tertiary alicyclic amines) is 2. The monoisotopic (exact) mass is 856 g/mol. The number of benzene rings is 3. The Balaban J connectivity index is 0.869. The van der Waals surface area contributed by atoms with Crippen LogP contribution in [-0.2, 0) is 23.8 Å². The molecule has 5 fully saturated rings. The summed E-state index contributed by atoms with van der Waals surface area (Å²) in [6.45, 7) is 7.18. The van der Waals surface area contributed by atoms with Crippen molar-refractivity contribution < 1.29 is 33.4 Å². The van der Waals surface area contributed by atoms with Crippen LogP contribution in [0.25, 0.3) is 44.2 Å². The van der Waals surface area contributed by atoms with Gasteiger partial charge in [0.2, 0.25) is 11.8 Å². The minimum Gasteiger partial charge on any atom is -0.453 e.